The Hall–Kier alpha value is -2.66. The van der Waals surface area contributed by atoms with E-state index in [1.807, 2.05) is 6.07 Å². The fraction of sp³-hybridized carbons (Fsp3) is 0.0909. The Morgan fingerprint density at radius 3 is 2.56 bits per heavy atom. The van der Waals surface area contributed by atoms with Crippen molar-refractivity contribution in [2.75, 3.05) is 7.11 Å². The van der Waals surface area contributed by atoms with Crippen molar-refractivity contribution in [1.29, 1.82) is 10.5 Å². The van der Waals surface area contributed by atoms with Crippen LogP contribution in [0.5, 0.6) is 17.2 Å². The monoisotopic (exact) mass is 216 g/mol. The molecule has 1 aromatic carbocycles. The number of allylic oxidation sites excluding steroid dienone is 2. The molecule has 0 saturated carbocycles. The molecule has 16 heavy (non-hydrogen) atoms. The van der Waals surface area contributed by atoms with Gasteiger partial charge in [0.1, 0.15) is 6.07 Å². The van der Waals surface area contributed by atoms with Gasteiger partial charge in [0.05, 0.1) is 18.8 Å². The zero-order valence-electron chi connectivity index (χ0n) is 8.43. The lowest BCUT2D eigenvalue weighted by Crippen LogP contribution is -1.88. The van der Waals surface area contributed by atoms with Crippen LogP contribution in [0.3, 0.4) is 0 Å². The Balaban J connectivity index is 3.39. The maximum absolute atomic E-state index is 9.38. The number of hydrogen-bond acceptors (Lipinski definition) is 5. The van der Waals surface area contributed by atoms with E-state index in [0.717, 1.165) is 6.08 Å². The lowest BCUT2D eigenvalue weighted by Gasteiger charge is -2.07. The summed E-state index contributed by atoms with van der Waals surface area (Å²) in [6, 6.07) is 6.07. The van der Waals surface area contributed by atoms with Crippen LogP contribution in [0.15, 0.2) is 18.2 Å². The first-order valence-corrected chi connectivity index (χ1v) is 4.24. The summed E-state index contributed by atoms with van der Waals surface area (Å²) >= 11 is 0. The molecule has 0 bridgehead atoms. The molecule has 0 radical (unpaired) electrons. The van der Waals surface area contributed by atoms with Crippen LogP contribution in [-0.4, -0.2) is 17.3 Å². The van der Waals surface area contributed by atoms with Crippen LogP contribution in [0.2, 0.25) is 0 Å². The number of aromatic hydroxyl groups is 2. The zero-order chi connectivity index (χ0) is 12.1. The quantitative estimate of drug-likeness (QED) is 0.577. The van der Waals surface area contributed by atoms with Gasteiger partial charge in [0, 0.05) is 11.6 Å². The van der Waals surface area contributed by atoms with Crippen LogP contribution in [0.1, 0.15) is 5.56 Å². The minimum atomic E-state index is -0.409. The van der Waals surface area contributed by atoms with Gasteiger partial charge in [-0.15, -0.1) is 0 Å². The third-order valence-electron chi connectivity index (χ3n) is 1.92. The van der Waals surface area contributed by atoms with Crippen LogP contribution >= 0.6 is 0 Å². The minimum Gasteiger partial charge on any atom is -0.504 e. The molecule has 0 amide bonds. The molecule has 1 aromatic rings. The molecule has 0 aliphatic carbocycles. The van der Waals surface area contributed by atoms with Gasteiger partial charge in [-0.2, -0.15) is 10.5 Å². The van der Waals surface area contributed by atoms with Gasteiger partial charge in [0.2, 0.25) is 5.75 Å². The number of ether oxygens (including phenoxy) is 1. The van der Waals surface area contributed by atoms with E-state index in [2.05, 4.69) is 0 Å². The number of methoxy groups -OCH3 is 1. The lowest BCUT2D eigenvalue weighted by atomic mass is 10.1. The summed E-state index contributed by atoms with van der Waals surface area (Å²) in [6.45, 7) is 0. The highest BCUT2D eigenvalue weighted by atomic mass is 16.5. The molecule has 80 valence electrons. The van der Waals surface area contributed by atoms with E-state index in [1.165, 1.54) is 19.2 Å². The Bertz CT molecular complexity index is 521. The van der Waals surface area contributed by atoms with E-state index in [9.17, 15) is 10.2 Å². The largest absolute Gasteiger partial charge is 0.504 e. The van der Waals surface area contributed by atoms with Crippen molar-refractivity contribution in [2.45, 2.75) is 0 Å². The summed E-state index contributed by atoms with van der Waals surface area (Å²) in [5.74, 6) is -0.775. The molecule has 0 aromatic heterocycles. The number of benzene rings is 1. The Morgan fingerprint density at radius 2 is 2.06 bits per heavy atom. The highest BCUT2D eigenvalue weighted by Crippen LogP contribution is 2.37. The number of hydrogen-bond donors (Lipinski definition) is 2. The molecule has 0 heterocycles. The Kier molecular flexibility index (Phi) is 3.37. The molecule has 2 N–H and O–H groups in total. The van der Waals surface area contributed by atoms with Crippen molar-refractivity contribution in [3.8, 4) is 29.4 Å². The van der Waals surface area contributed by atoms with Crippen molar-refractivity contribution < 1.29 is 14.9 Å². The van der Waals surface area contributed by atoms with Gasteiger partial charge in [0.25, 0.3) is 0 Å². The van der Waals surface area contributed by atoms with E-state index in [-0.39, 0.29) is 11.3 Å². The third kappa shape index (κ3) is 2.05. The highest BCUT2D eigenvalue weighted by Gasteiger charge is 2.11. The van der Waals surface area contributed by atoms with Gasteiger partial charge >= 0.3 is 0 Å². The number of phenols is 2. The molecule has 0 spiro atoms. The van der Waals surface area contributed by atoms with E-state index in [1.54, 1.807) is 6.07 Å². The number of nitrogens with zero attached hydrogens (tertiary/aromatic N) is 2. The van der Waals surface area contributed by atoms with Gasteiger partial charge in [-0.3, -0.25) is 0 Å². The van der Waals surface area contributed by atoms with Gasteiger partial charge in [-0.25, -0.2) is 0 Å². The molecule has 5 nitrogen and oxygen atoms in total. The maximum Gasteiger partial charge on any atom is 0.200 e. The molecule has 5 heteroatoms. The van der Waals surface area contributed by atoms with Crippen molar-refractivity contribution >= 4 is 5.57 Å². The highest BCUT2D eigenvalue weighted by molar-refractivity contribution is 5.80. The third-order valence-corrected chi connectivity index (χ3v) is 1.92. The average Bonchev–Trinajstić information content (AvgIpc) is 2.29. The fourth-order valence-electron chi connectivity index (χ4n) is 1.15. The smallest absolute Gasteiger partial charge is 0.200 e. The molecular weight excluding hydrogens is 208 g/mol. The average molecular weight is 216 g/mol. The number of phenolic OH excluding ortho intramolecular Hbond substituents is 2. The van der Waals surface area contributed by atoms with Crippen molar-refractivity contribution in [3.63, 3.8) is 0 Å². The topological polar surface area (TPSA) is 97.3 Å². The van der Waals surface area contributed by atoms with Gasteiger partial charge < -0.3 is 14.9 Å². The fourth-order valence-corrected chi connectivity index (χ4v) is 1.15. The molecular formula is C11H8N2O3. The summed E-state index contributed by atoms with van der Waals surface area (Å²) in [5.41, 5.74) is 0.382. The van der Waals surface area contributed by atoms with E-state index in [0.29, 0.717) is 5.56 Å². The van der Waals surface area contributed by atoms with Crippen molar-refractivity contribution in [3.05, 3.63) is 23.8 Å². The summed E-state index contributed by atoms with van der Waals surface area (Å²) < 4.78 is 4.81. The van der Waals surface area contributed by atoms with Crippen molar-refractivity contribution in [1.82, 2.24) is 0 Å². The molecule has 0 atom stereocenters. The van der Waals surface area contributed by atoms with Gasteiger partial charge in [-0.05, 0) is 12.1 Å². The van der Waals surface area contributed by atoms with Crippen molar-refractivity contribution in [2.24, 2.45) is 0 Å². The number of nitriles is 2. The first kappa shape index (κ1) is 11.4. The second-order valence-corrected chi connectivity index (χ2v) is 2.85. The van der Waals surface area contributed by atoms with E-state index >= 15 is 0 Å². The predicted molar refractivity (Wildman–Crippen MR) is 55.5 cm³/mol. The molecule has 0 unspecified atom stereocenters. The SMILES string of the molecule is COc1cc(C(C#N)=CC#N)cc(O)c1O. The van der Waals surface area contributed by atoms with Gasteiger partial charge in [0.15, 0.2) is 11.5 Å². The first-order valence-electron chi connectivity index (χ1n) is 4.24. The Labute approximate surface area is 92.1 Å². The van der Waals surface area contributed by atoms with Crippen LogP contribution in [-0.2, 0) is 0 Å². The molecule has 0 aliphatic heterocycles. The molecule has 0 fully saturated rings. The normalized spacial score (nSPS) is 10.3. The predicted octanol–water partition coefficient (Wildman–Crippen LogP) is 1.54. The summed E-state index contributed by atoms with van der Waals surface area (Å²) in [7, 11) is 1.32. The van der Waals surface area contributed by atoms with E-state index in [4.69, 9.17) is 15.3 Å². The second-order valence-electron chi connectivity index (χ2n) is 2.85. The molecule has 0 saturated heterocycles. The van der Waals surface area contributed by atoms with Crippen LogP contribution in [0.4, 0.5) is 0 Å². The standard InChI is InChI=1S/C11H8N2O3/c1-16-10-5-8(4-9(14)11(10)15)7(6-13)2-3-12/h2,4-5,14-15H,1H3. The van der Waals surface area contributed by atoms with Crippen LogP contribution < -0.4 is 4.74 Å². The number of rotatable bonds is 2. The first-order chi connectivity index (χ1) is 7.63. The second kappa shape index (κ2) is 4.72. The Morgan fingerprint density at radius 1 is 1.38 bits per heavy atom. The minimum absolute atomic E-state index is 0.0362. The van der Waals surface area contributed by atoms with E-state index < -0.39 is 11.5 Å². The maximum atomic E-state index is 9.38. The summed E-state index contributed by atoms with van der Waals surface area (Å²) in [4.78, 5) is 0. The molecule has 1 rings (SSSR count). The van der Waals surface area contributed by atoms with Crippen LogP contribution in [0.25, 0.3) is 5.57 Å². The summed E-state index contributed by atoms with van der Waals surface area (Å²) in [5, 5.41) is 36.0. The summed E-state index contributed by atoms with van der Waals surface area (Å²) in [6.07, 6.45) is 1.05. The zero-order valence-corrected chi connectivity index (χ0v) is 8.43. The van der Waals surface area contributed by atoms with Gasteiger partial charge in [-0.1, -0.05) is 0 Å². The van der Waals surface area contributed by atoms with Crippen LogP contribution in [0, 0.1) is 22.7 Å². The molecule has 0 aliphatic rings. The lowest BCUT2D eigenvalue weighted by molar-refractivity contribution is 0.351.